The second kappa shape index (κ2) is 6.92. The van der Waals surface area contributed by atoms with E-state index in [1.54, 1.807) is 32.4 Å². The van der Waals surface area contributed by atoms with Crippen LogP contribution < -0.4 is 14.4 Å². The highest BCUT2D eigenvalue weighted by molar-refractivity contribution is 6.26. The summed E-state index contributed by atoms with van der Waals surface area (Å²) in [7, 11) is 3.12. The van der Waals surface area contributed by atoms with Gasteiger partial charge in [0, 0.05) is 12.0 Å². The van der Waals surface area contributed by atoms with Crippen LogP contribution in [0.15, 0.2) is 41.6 Å². The molecule has 7 nitrogen and oxygen atoms in total. The molecule has 2 aromatic carbocycles. The first-order chi connectivity index (χ1) is 13.9. The van der Waals surface area contributed by atoms with Crippen molar-refractivity contribution in [2.24, 2.45) is 5.16 Å². The third-order valence-electron chi connectivity index (χ3n) is 5.60. The Bertz CT molecular complexity index is 1050. The fourth-order valence-electron chi connectivity index (χ4n) is 3.79. The van der Waals surface area contributed by atoms with Crippen LogP contribution in [-0.2, 0) is 14.4 Å². The molecule has 29 heavy (non-hydrogen) atoms. The number of oxime groups is 1. The standard InChI is InChI=1S/C22H22N2O5/c1-13-6-5-7-17(14(13)2)24-20(25)12-22(21(24)26)11-16(23-29-22)15-8-9-18(27-3)19(10-15)28-4/h5-10H,11-12H2,1-4H3. The number of ether oxygens (including phenoxy) is 2. The van der Waals surface area contributed by atoms with Crippen molar-refractivity contribution in [2.75, 3.05) is 19.1 Å². The topological polar surface area (TPSA) is 77.4 Å². The molecule has 2 heterocycles. The fraction of sp³-hybridized carbons (Fsp3) is 0.318. The summed E-state index contributed by atoms with van der Waals surface area (Å²) in [6.07, 6.45) is 0.175. The van der Waals surface area contributed by atoms with Gasteiger partial charge in [0.25, 0.3) is 5.91 Å². The molecule has 7 heteroatoms. The molecule has 0 N–H and O–H groups in total. The van der Waals surface area contributed by atoms with Crippen molar-refractivity contribution in [1.82, 2.24) is 0 Å². The Balaban J connectivity index is 1.63. The van der Waals surface area contributed by atoms with Gasteiger partial charge in [-0.25, -0.2) is 4.90 Å². The molecule has 0 bridgehead atoms. The Kier molecular flexibility index (Phi) is 4.53. The molecule has 150 valence electrons. The van der Waals surface area contributed by atoms with Crippen LogP contribution in [0.2, 0.25) is 0 Å². The molecule has 2 aliphatic heterocycles. The number of carbonyl (C=O) groups is 2. The van der Waals surface area contributed by atoms with Crippen molar-refractivity contribution in [3.05, 3.63) is 53.1 Å². The first kappa shape index (κ1) is 19.0. The highest BCUT2D eigenvalue weighted by atomic mass is 16.7. The molecule has 1 spiro atoms. The predicted molar refractivity (Wildman–Crippen MR) is 108 cm³/mol. The van der Waals surface area contributed by atoms with Gasteiger partial charge in [-0.1, -0.05) is 17.3 Å². The van der Waals surface area contributed by atoms with Crippen molar-refractivity contribution in [3.63, 3.8) is 0 Å². The molecule has 0 aliphatic carbocycles. The van der Waals surface area contributed by atoms with E-state index in [4.69, 9.17) is 14.3 Å². The maximum atomic E-state index is 13.3. The number of nitrogens with zero attached hydrogens (tertiary/aromatic N) is 2. The molecule has 1 fully saturated rings. The number of anilines is 1. The van der Waals surface area contributed by atoms with Crippen LogP contribution >= 0.6 is 0 Å². The lowest BCUT2D eigenvalue weighted by Crippen LogP contribution is -2.41. The monoisotopic (exact) mass is 394 g/mol. The zero-order valence-corrected chi connectivity index (χ0v) is 16.8. The average molecular weight is 394 g/mol. The van der Waals surface area contributed by atoms with Crippen LogP contribution in [0.3, 0.4) is 0 Å². The molecule has 2 aromatic rings. The van der Waals surface area contributed by atoms with Crippen molar-refractivity contribution in [2.45, 2.75) is 32.3 Å². The van der Waals surface area contributed by atoms with Crippen LogP contribution in [0.5, 0.6) is 11.5 Å². The van der Waals surface area contributed by atoms with E-state index in [1.807, 2.05) is 32.0 Å². The van der Waals surface area contributed by atoms with Crippen molar-refractivity contribution in [1.29, 1.82) is 0 Å². The maximum Gasteiger partial charge on any atom is 0.281 e. The molecular formula is C22H22N2O5. The van der Waals surface area contributed by atoms with E-state index in [1.165, 1.54) is 4.90 Å². The highest BCUT2D eigenvalue weighted by Crippen LogP contribution is 2.41. The van der Waals surface area contributed by atoms with Gasteiger partial charge in [0.1, 0.15) is 0 Å². The molecule has 1 atom stereocenters. The molecule has 0 saturated carbocycles. The van der Waals surface area contributed by atoms with Crippen LogP contribution in [0.4, 0.5) is 5.69 Å². The van der Waals surface area contributed by atoms with E-state index < -0.39 is 5.60 Å². The lowest BCUT2D eigenvalue weighted by molar-refractivity contribution is -0.136. The number of benzene rings is 2. The Morgan fingerprint density at radius 3 is 2.52 bits per heavy atom. The number of methoxy groups -OCH3 is 2. The number of carbonyl (C=O) groups excluding carboxylic acids is 2. The summed E-state index contributed by atoms with van der Waals surface area (Å²) in [6.45, 7) is 3.85. The van der Waals surface area contributed by atoms with E-state index in [9.17, 15) is 9.59 Å². The normalized spacial score (nSPS) is 20.8. The van der Waals surface area contributed by atoms with Crippen molar-refractivity contribution < 1.29 is 23.9 Å². The lowest BCUT2D eigenvalue weighted by Gasteiger charge is -2.21. The minimum absolute atomic E-state index is 0.0422. The molecule has 2 aliphatic rings. The molecule has 4 rings (SSSR count). The number of hydrogen-bond acceptors (Lipinski definition) is 6. The number of aryl methyl sites for hydroxylation is 1. The average Bonchev–Trinajstić information content (AvgIpc) is 3.25. The van der Waals surface area contributed by atoms with Gasteiger partial charge in [-0.05, 0) is 49.2 Å². The van der Waals surface area contributed by atoms with Gasteiger partial charge in [-0.2, -0.15) is 0 Å². The van der Waals surface area contributed by atoms with Gasteiger partial charge in [0.05, 0.1) is 32.0 Å². The third kappa shape index (κ3) is 2.93. The van der Waals surface area contributed by atoms with Gasteiger partial charge in [0.15, 0.2) is 11.5 Å². The summed E-state index contributed by atoms with van der Waals surface area (Å²) in [5.74, 6) is 0.487. The van der Waals surface area contributed by atoms with Crippen LogP contribution in [0, 0.1) is 13.8 Å². The molecule has 2 amide bonds. The van der Waals surface area contributed by atoms with Crippen LogP contribution in [0.1, 0.15) is 29.5 Å². The van der Waals surface area contributed by atoms with E-state index in [-0.39, 0.29) is 24.7 Å². The summed E-state index contributed by atoms with van der Waals surface area (Å²) >= 11 is 0. The van der Waals surface area contributed by atoms with E-state index in [0.717, 1.165) is 16.7 Å². The van der Waals surface area contributed by atoms with Gasteiger partial charge in [-0.3, -0.25) is 9.59 Å². The minimum Gasteiger partial charge on any atom is -0.493 e. The van der Waals surface area contributed by atoms with Gasteiger partial charge in [0.2, 0.25) is 11.5 Å². The van der Waals surface area contributed by atoms with E-state index in [0.29, 0.717) is 22.9 Å². The Hall–Kier alpha value is -3.35. The van der Waals surface area contributed by atoms with Crippen molar-refractivity contribution >= 4 is 23.2 Å². The van der Waals surface area contributed by atoms with Crippen molar-refractivity contribution in [3.8, 4) is 11.5 Å². The second-order valence-corrected chi connectivity index (χ2v) is 7.30. The Morgan fingerprint density at radius 2 is 1.79 bits per heavy atom. The number of amides is 2. The first-order valence-electron chi connectivity index (χ1n) is 9.31. The summed E-state index contributed by atoms with van der Waals surface area (Å²) in [5, 5.41) is 4.15. The minimum atomic E-state index is -1.30. The second-order valence-electron chi connectivity index (χ2n) is 7.30. The quantitative estimate of drug-likeness (QED) is 0.745. The van der Waals surface area contributed by atoms with Crippen LogP contribution in [0.25, 0.3) is 0 Å². The fourth-order valence-corrected chi connectivity index (χ4v) is 3.79. The summed E-state index contributed by atoms with van der Waals surface area (Å²) in [4.78, 5) is 32.9. The largest absolute Gasteiger partial charge is 0.493 e. The smallest absolute Gasteiger partial charge is 0.281 e. The molecule has 1 unspecified atom stereocenters. The molecule has 0 aromatic heterocycles. The van der Waals surface area contributed by atoms with Gasteiger partial charge >= 0.3 is 0 Å². The zero-order chi connectivity index (χ0) is 20.8. The Labute approximate surface area is 168 Å². The lowest BCUT2D eigenvalue weighted by atomic mass is 9.92. The maximum absolute atomic E-state index is 13.3. The summed E-state index contributed by atoms with van der Waals surface area (Å²) in [5.41, 5.74) is 2.55. The Morgan fingerprint density at radius 1 is 1.03 bits per heavy atom. The van der Waals surface area contributed by atoms with Gasteiger partial charge < -0.3 is 14.3 Å². The SMILES string of the molecule is COc1ccc(C2=NOC3(CC(=O)N(c4cccc(C)c4C)C3=O)C2)cc1OC. The third-order valence-corrected chi connectivity index (χ3v) is 5.60. The molecular weight excluding hydrogens is 372 g/mol. The molecule has 0 radical (unpaired) electrons. The zero-order valence-electron chi connectivity index (χ0n) is 16.8. The highest BCUT2D eigenvalue weighted by Gasteiger charge is 2.58. The predicted octanol–water partition coefficient (Wildman–Crippen LogP) is 3.15. The number of hydrogen-bond donors (Lipinski definition) is 0. The van der Waals surface area contributed by atoms with Gasteiger partial charge in [-0.15, -0.1) is 0 Å². The number of imide groups is 1. The first-order valence-corrected chi connectivity index (χ1v) is 9.31. The van der Waals surface area contributed by atoms with Crippen LogP contribution in [-0.4, -0.2) is 37.3 Å². The van der Waals surface area contributed by atoms with E-state index >= 15 is 0 Å². The summed E-state index contributed by atoms with van der Waals surface area (Å²) in [6, 6.07) is 10.9. The number of rotatable bonds is 4. The summed E-state index contributed by atoms with van der Waals surface area (Å²) < 4.78 is 10.6. The molecule has 1 saturated heterocycles. The van der Waals surface area contributed by atoms with E-state index in [2.05, 4.69) is 5.16 Å².